The van der Waals surface area contributed by atoms with Crippen molar-refractivity contribution in [2.24, 2.45) is 0 Å². The first kappa shape index (κ1) is 13.6. The van der Waals surface area contributed by atoms with Gasteiger partial charge in [0.15, 0.2) is 0 Å². The van der Waals surface area contributed by atoms with Gasteiger partial charge in [-0.15, -0.1) is 0 Å². The van der Waals surface area contributed by atoms with Crippen LogP contribution in [0.25, 0.3) is 0 Å². The van der Waals surface area contributed by atoms with Crippen molar-refractivity contribution in [1.29, 1.82) is 0 Å². The van der Waals surface area contributed by atoms with Crippen molar-refractivity contribution < 1.29 is 4.42 Å². The molecule has 1 aromatic heterocycles. The molecule has 0 amide bonds. The highest BCUT2D eigenvalue weighted by Crippen LogP contribution is 2.13. The van der Waals surface area contributed by atoms with E-state index in [9.17, 15) is 0 Å². The summed E-state index contributed by atoms with van der Waals surface area (Å²) in [6, 6.07) is 5.19. The van der Waals surface area contributed by atoms with E-state index in [-0.39, 0.29) is 0 Å². The molecule has 18 heavy (non-hydrogen) atoms. The molecule has 4 heteroatoms. The quantitative estimate of drug-likeness (QED) is 0.876. The molecule has 1 aliphatic heterocycles. The third-order valence-corrected chi connectivity index (χ3v) is 3.58. The summed E-state index contributed by atoms with van der Waals surface area (Å²) in [5.41, 5.74) is 0. The van der Waals surface area contributed by atoms with E-state index >= 15 is 0 Å². The van der Waals surface area contributed by atoms with Crippen LogP contribution in [0.5, 0.6) is 0 Å². The van der Waals surface area contributed by atoms with Gasteiger partial charge in [0.1, 0.15) is 5.76 Å². The molecule has 1 aliphatic rings. The Morgan fingerprint density at radius 3 is 3.00 bits per heavy atom. The zero-order valence-electron chi connectivity index (χ0n) is 11.7. The molecule has 2 heterocycles. The van der Waals surface area contributed by atoms with Crippen LogP contribution in [0, 0.1) is 0 Å². The Kier molecular flexibility index (Phi) is 4.80. The maximum atomic E-state index is 5.48. The Morgan fingerprint density at radius 2 is 2.33 bits per heavy atom. The first-order valence-corrected chi connectivity index (χ1v) is 6.79. The van der Waals surface area contributed by atoms with Crippen molar-refractivity contribution in [3.8, 4) is 0 Å². The van der Waals surface area contributed by atoms with Crippen molar-refractivity contribution in [2.45, 2.75) is 32.0 Å². The molecule has 1 fully saturated rings. The van der Waals surface area contributed by atoms with Crippen LogP contribution < -0.4 is 5.32 Å². The molecule has 2 atom stereocenters. The van der Waals surface area contributed by atoms with E-state index in [4.69, 9.17) is 4.42 Å². The van der Waals surface area contributed by atoms with Crippen LogP contribution in [0.2, 0.25) is 0 Å². The summed E-state index contributed by atoms with van der Waals surface area (Å²) in [5, 5.41) is 3.61. The SMILES string of the molecule is CC1CCN(Cc2ccco2)C(CN(C)C)CN1. The monoisotopic (exact) mass is 251 g/mol. The zero-order chi connectivity index (χ0) is 13.0. The zero-order valence-corrected chi connectivity index (χ0v) is 11.7. The molecule has 0 spiro atoms. The summed E-state index contributed by atoms with van der Waals surface area (Å²) < 4.78 is 5.48. The van der Waals surface area contributed by atoms with Crippen LogP contribution in [0.3, 0.4) is 0 Å². The fraction of sp³-hybridized carbons (Fsp3) is 0.714. The number of furan rings is 1. The number of rotatable bonds is 4. The van der Waals surface area contributed by atoms with Crippen LogP contribution >= 0.6 is 0 Å². The highest BCUT2D eigenvalue weighted by Gasteiger charge is 2.24. The summed E-state index contributed by atoms with van der Waals surface area (Å²) in [5.74, 6) is 1.06. The summed E-state index contributed by atoms with van der Waals surface area (Å²) in [6.45, 7) is 6.46. The molecule has 0 bridgehead atoms. The minimum Gasteiger partial charge on any atom is -0.468 e. The molecule has 0 aromatic carbocycles. The summed E-state index contributed by atoms with van der Waals surface area (Å²) in [4.78, 5) is 4.80. The predicted molar refractivity (Wildman–Crippen MR) is 73.5 cm³/mol. The van der Waals surface area contributed by atoms with E-state index in [0.29, 0.717) is 12.1 Å². The predicted octanol–water partition coefficient (Wildman–Crippen LogP) is 1.39. The first-order valence-electron chi connectivity index (χ1n) is 6.79. The molecule has 0 saturated carbocycles. The maximum Gasteiger partial charge on any atom is 0.117 e. The van der Waals surface area contributed by atoms with Crippen LogP contribution in [0.1, 0.15) is 19.1 Å². The molecule has 102 valence electrons. The average Bonchev–Trinajstić information content (AvgIpc) is 2.76. The molecular formula is C14H25N3O. The Labute approximate surface area is 110 Å². The van der Waals surface area contributed by atoms with Crippen molar-refractivity contribution in [1.82, 2.24) is 15.1 Å². The third kappa shape index (κ3) is 3.83. The van der Waals surface area contributed by atoms with Crippen molar-refractivity contribution >= 4 is 0 Å². The second-order valence-corrected chi connectivity index (χ2v) is 5.56. The fourth-order valence-electron chi connectivity index (χ4n) is 2.52. The molecule has 1 N–H and O–H groups in total. The molecule has 0 radical (unpaired) electrons. The second-order valence-electron chi connectivity index (χ2n) is 5.56. The lowest BCUT2D eigenvalue weighted by Gasteiger charge is -2.30. The Hall–Kier alpha value is -0.840. The van der Waals surface area contributed by atoms with Crippen molar-refractivity contribution in [3.63, 3.8) is 0 Å². The van der Waals surface area contributed by atoms with E-state index in [1.807, 2.05) is 6.07 Å². The lowest BCUT2D eigenvalue weighted by molar-refractivity contribution is 0.154. The minimum atomic E-state index is 0.551. The van der Waals surface area contributed by atoms with Gasteiger partial charge in [0.2, 0.25) is 0 Å². The van der Waals surface area contributed by atoms with Gasteiger partial charge in [-0.25, -0.2) is 0 Å². The lowest BCUT2D eigenvalue weighted by atomic mass is 10.2. The first-order chi connectivity index (χ1) is 8.65. The topological polar surface area (TPSA) is 31.7 Å². The lowest BCUT2D eigenvalue weighted by Crippen LogP contribution is -2.45. The summed E-state index contributed by atoms with van der Waals surface area (Å²) in [7, 11) is 4.28. The number of hydrogen-bond acceptors (Lipinski definition) is 4. The fourth-order valence-corrected chi connectivity index (χ4v) is 2.52. The van der Waals surface area contributed by atoms with E-state index < -0.39 is 0 Å². The van der Waals surface area contributed by atoms with Crippen LogP contribution in [-0.4, -0.2) is 55.6 Å². The summed E-state index contributed by atoms with van der Waals surface area (Å²) in [6.07, 6.45) is 2.96. The normalized spacial score (nSPS) is 26.4. The molecule has 1 aromatic rings. The van der Waals surface area contributed by atoms with Crippen LogP contribution in [0.4, 0.5) is 0 Å². The average molecular weight is 251 g/mol. The third-order valence-electron chi connectivity index (χ3n) is 3.58. The van der Waals surface area contributed by atoms with E-state index in [1.165, 1.54) is 6.42 Å². The van der Waals surface area contributed by atoms with Gasteiger partial charge >= 0.3 is 0 Å². The van der Waals surface area contributed by atoms with Gasteiger partial charge in [0.05, 0.1) is 12.8 Å². The van der Waals surface area contributed by atoms with Gasteiger partial charge in [0, 0.05) is 31.7 Å². The molecule has 0 aliphatic carbocycles. The van der Waals surface area contributed by atoms with Crippen molar-refractivity contribution in [2.75, 3.05) is 33.7 Å². The van der Waals surface area contributed by atoms with E-state index in [1.54, 1.807) is 6.26 Å². The number of nitrogens with zero attached hydrogens (tertiary/aromatic N) is 2. The van der Waals surface area contributed by atoms with Crippen LogP contribution in [0.15, 0.2) is 22.8 Å². The Bertz CT molecular complexity index is 337. The maximum absolute atomic E-state index is 5.48. The van der Waals surface area contributed by atoms with Crippen LogP contribution in [-0.2, 0) is 6.54 Å². The number of hydrogen-bond donors (Lipinski definition) is 1. The summed E-state index contributed by atoms with van der Waals surface area (Å²) >= 11 is 0. The van der Waals surface area contributed by atoms with E-state index in [2.05, 4.69) is 42.2 Å². The van der Waals surface area contributed by atoms with Gasteiger partial charge in [-0.05, 0) is 39.6 Å². The number of likely N-dealkylation sites (N-methyl/N-ethyl adjacent to an activating group) is 1. The smallest absolute Gasteiger partial charge is 0.117 e. The minimum absolute atomic E-state index is 0.551. The second kappa shape index (κ2) is 6.36. The van der Waals surface area contributed by atoms with Gasteiger partial charge in [-0.1, -0.05) is 0 Å². The molecule has 4 nitrogen and oxygen atoms in total. The Morgan fingerprint density at radius 1 is 1.50 bits per heavy atom. The Balaban J connectivity index is 2.01. The molecular weight excluding hydrogens is 226 g/mol. The van der Waals surface area contributed by atoms with Gasteiger partial charge in [0.25, 0.3) is 0 Å². The van der Waals surface area contributed by atoms with Crippen molar-refractivity contribution in [3.05, 3.63) is 24.2 Å². The largest absolute Gasteiger partial charge is 0.468 e. The highest BCUT2D eigenvalue weighted by molar-refractivity contribution is 4.99. The molecule has 2 rings (SSSR count). The van der Waals surface area contributed by atoms with Gasteiger partial charge in [-0.3, -0.25) is 4.90 Å². The van der Waals surface area contributed by atoms with E-state index in [0.717, 1.165) is 31.9 Å². The molecule has 1 saturated heterocycles. The van der Waals surface area contributed by atoms with Gasteiger partial charge in [-0.2, -0.15) is 0 Å². The molecule has 2 unspecified atom stereocenters. The van der Waals surface area contributed by atoms with Gasteiger partial charge < -0.3 is 14.6 Å². The number of nitrogens with one attached hydrogen (secondary N) is 1. The standard InChI is InChI=1S/C14H25N3O/c1-12-6-7-17(11-14-5-4-8-18-14)13(9-15-12)10-16(2)3/h4-5,8,12-13,15H,6-7,9-11H2,1-3H3. The highest BCUT2D eigenvalue weighted by atomic mass is 16.3.